The number of hydrogen-bond acceptors (Lipinski definition) is 3. The average Bonchev–Trinajstić information content (AvgIpc) is 3.08. The van der Waals surface area contributed by atoms with Crippen LogP contribution in [0.4, 0.5) is 0 Å². The predicted molar refractivity (Wildman–Crippen MR) is 100 cm³/mol. The van der Waals surface area contributed by atoms with Crippen LogP contribution in [-0.2, 0) is 7.05 Å². The van der Waals surface area contributed by atoms with Crippen molar-refractivity contribution in [3.05, 3.63) is 85.7 Å². The second-order valence-corrected chi connectivity index (χ2v) is 6.20. The summed E-state index contributed by atoms with van der Waals surface area (Å²) in [5, 5.41) is 8.47. The highest BCUT2D eigenvalue weighted by atomic mass is 16.5. The van der Waals surface area contributed by atoms with Crippen LogP contribution in [0, 0.1) is 13.8 Å². The Balaban J connectivity index is 2.32. The summed E-state index contributed by atoms with van der Waals surface area (Å²) in [6.07, 6.45) is 1.65. The first-order chi connectivity index (χ1) is 12.5. The van der Waals surface area contributed by atoms with Gasteiger partial charge in [0.05, 0.1) is 17.0 Å². The van der Waals surface area contributed by atoms with Crippen LogP contribution >= 0.6 is 0 Å². The van der Waals surface area contributed by atoms with Crippen molar-refractivity contribution in [2.45, 2.75) is 19.8 Å². The number of benzene rings is 1. The molecule has 0 unspecified atom stereocenters. The van der Waals surface area contributed by atoms with Gasteiger partial charge in [-0.2, -0.15) is 0 Å². The molecule has 2 heterocycles. The van der Waals surface area contributed by atoms with E-state index < -0.39 is 5.92 Å². The summed E-state index contributed by atoms with van der Waals surface area (Å²) in [6, 6.07) is 7.43. The predicted octanol–water partition coefficient (Wildman–Crippen LogP) is 2.09. The Morgan fingerprint density at radius 1 is 1.15 bits per heavy atom. The molecule has 0 saturated heterocycles. The fourth-order valence-corrected chi connectivity index (χ4v) is 3.30. The van der Waals surface area contributed by atoms with Crippen LogP contribution in [0.15, 0.2) is 46.5 Å². The van der Waals surface area contributed by atoms with E-state index in [0.29, 0.717) is 34.9 Å². The summed E-state index contributed by atoms with van der Waals surface area (Å²) in [4.78, 5) is 25.3. The van der Waals surface area contributed by atoms with Crippen molar-refractivity contribution >= 4 is 0 Å². The van der Waals surface area contributed by atoms with Crippen LogP contribution in [-0.4, -0.2) is 26.6 Å². The topological polar surface area (TPSA) is 95.7 Å². The lowest BCUT2D eigenvalue weighted by atomic mass is 9.85. The smallest absolute Gasteiger partial charge is 0.270 e. The van der Waals surface area contributed by atoms with Crippen molar-refractivity contribution in [3.8, 4) is 5.75 Å². The van der Waals surface area contributed by atoms with Crippen molar-refractivity contribution < 1.29 is 4.74 Å². The Morgan fingerprint density at radius 2 is 1.88 bits per heavy atom. The number of aryl methyl sites for hydroxylation is 3. The summed E-state index contributed by atoms with van der Waals surface area (Å²) in [7, 11) is 1.66. The van der Waals surface area contributed by atoms with Crippen molar-refractivity contribution in [2.24, 2.45) is 7.05 Å². The molecule has 0 spiro atoms. The molecule has 0 aliphatic rings. The van der Waals surface area contributed by atoms with Gasteiger partial charge in [-0.05, 0) is 19.9 Å². The maximum atomic E-state index is 12.8. The maximum absolute atomic E-state index is 12.8. The lowest BCUT2D eigenvalue weighted by Crippen LogP contribution is -2.23. The lowest BCUT2D eigenvalue weighted by molar-refractivity contribution is 0.358. The highest BCUT2D eigenvalue weighted by molar-refractivity contribution is 5.50. The second-order valence-electron chi connectivity index (χ2n) is 6.20. The van der Waals surface area contributed by atoms with E-state index in [1.807, 2.05) is 31.2 Å². The van der Waals surface area contributed by atoms with Gasteiger partial charge in [-0.25, -0.2) is 0 Å². The van der Waals surface area contributed by atoms with Crippen molar-refractivity contribution in [1.29, 1.82) is 0 Å². The summed E-state index contributed by atoms with van der Waals surface area (Å²) < 4.78 is 7.21. The Morgan fingerprint density at radius 3 is 2.46 bits per heavy atom. The molecular weight excluding hydrogens is 332 g/mol. The first-order valence-electron chi connectivity index (χ1n) is 8.31. The zero-order valence-electron chi connectivity index (χ0n) is 15.1. The number of rotatable bonds is 6. The average molecular weight is 354 g/mol. The van der Waals surface area contributed by atoms with Crippen LogP contribution in [0.25, 0.3) is 0 Å². The molecule has 1 aromatic carbocycles. The Labute approximate surface area is 150 Å². The minimum atomic E-state index is -0.559. The molecule has 0 saturated carbocycles. The third-order valence-corrected chi connectivity index (χ3v) is 4.45. The molecular formula is C19H22N4O3. The van der Waals surface area contributed by atoms with Gasteiger partial charge in [0.15, 0.2) is 0 Å². The molecule has 3 rings (SSSR count). The van der Waals surface area contributed by atoms with Crippen LogP contribution in [0.1, 0.15) is 34.0 Å². The minimum absolute atomic E-state index is 0.175. The number of nitrogens with zero attached hydrogens (tertiary/aromatic N) is 1. The third kappa shape index (κ3) is 2.92. The summed E-state index contributed by atoms with van der Waals surface area (Å²) in [6.45, 7) is 7.64. The van der Waals surface area contributed by atoms with E-state index in [1.54, 1.807) is 20.0 Å². The van der Waals surface area contributed by atoms with E-state index in [2.05, 4.69) is 21.9 Å². The fourth-order valence-electron chi connectivity index (χ4n) is 3.30. The van der Waals surface area contributed by atoms with Gasteiger partial charge in [-0.1, -0.05) is 30.9 Å². The van der Waals surface area contributed by atoms with Gasteiger partial charge >= 0.3 is 0 Å². The number of para-hydroxylation sites is 1. The fraction of sp³-hybridized carbons (Fsp3) is 0.263. The van der Waals surface area contributed by atoms with E-state index >= 15 is 0 Å². The number of aromatic nitrogens is 4. The van der Waals surface area contributed by atoms with Crippen LogP contribution in [0.3, 0.4) is 0 Å². The molecule has 26 heavy (non-hydrogen) atoms. The molecule has 2 aromatic heterocycles. The molecule has 3 aromatic rings. The van der Waals surface area contributed by atoms with Gasteiger partial charge in [0.25, 0.3) is 11.1 Å². The third-order valence-electron chi connectivity index (χ3n) is 4.45. The lowest BCUT2D eigenvalue weighted by Gasteiger charge is -2.19. The van der Waals surface area contributed by atoms with Crippen LogP contribution in [0.5, 0.6) is 5.75 Å². The Kier molecular flexibility index (Phi) is 4.71. The second kappa shape index (κ2) is 6.95. The first kappa shape index (κ1) is 17.6. The summed E-state index contributed by atoms with van der Waals surface area (Å²) in [5.74, 6) is 0.0519. The Bertz CT molecular complexity index is 1050. The number of H-pyrrole nitrogens is 3. The summed E-state index contributed by atoms with van der Waals surface area (Å²) >= 11 is 0. The quantitative estimate of drug-likeness (QED) is 0.592. The minimum Gasteiger partial charge on any atom is -0.489 e. The van der Waals surface area contributed by atoms with Gasteiger partial charge < -0.3 is 9.84 Å². The van der Waals surface area contributed by atoms with Gasteiger partial charge in [-0.3, -0.25) is 24.5 Å². The maximum Gasteiger partial charge on any atom is 0.270 e. The molecule has 7 heteroatoms. The monoisotopic (exact) mass is 354 g/mol. The van der Waals surface area contributed by atoms with Crippen molar-refractivity contribution in [3.63, 3.8) is 0 Å². The van der Waals surface area contributed by atoms with Crippen LogP contribution in [0.2, 0.25) is 0 Å². The summed E-state index contributed by atoms with van der Waals surface area (Å²) in [5.41, 5.74) is 2.74. The van der Waals surface area contributed by atoms with E-state index in [-0.39, 0.29) is 11.1 Å². The van der Waals surface area contributed by atoms with Gasteiger partial charge in [0.2, 0.25) is 0 Å². The van der Waals surface area contributed by atoms with Gasteiger partial charge in [0, 0.05) is 24.0 Å². The van der Waals surface area contributed by atoms with Crippen molar-refractivity contribution in [2.75, 3.05) is 6.61 Å². The number of hydrogen-bond donors (Lipinski definition) is 3. The molecule has 136 valence electrons. The number of aromatic amines is 3. The van der Waals surface area contributed by atoms with E-state index in [4.69, 9.17) is 4.74 Å². The van der Waals surface area contributed by atoms with E-state index in [0.717, 1.165) is 5.56 Å². The SMILES string of the molecule is C=CCOc1ccccc1[C@@H](c1c(C)[nH][nH]c1=O)c1c(C)[nH]n(C)c1=O. The molecule has 0 amide bonds. The first-order valence-corrected chi connectivity index (χ1v) is 8.31. The molecule has 7 nitrogen and oxygen atoms in total. The number of nitrogens with one attached hydrogen (secondary N) is 3. The largest absolute Gasteiger partial charge is 0.489 e. The molecule has 0 fully saturated rings. The molecule has 0 aliphatic heterocycles. The molecule has 0 aliphatic carbocycles. The van der Waals surface area contributed by atoms with Crippen molar-refractivity contribution in [1.82, 2.24) is 20.0 Å². The molecule has 0 bridgehead atoms. The molecule has 0 radical (unpaired) electrons. The zero-order chi connectivity index (χ0) is 18.8. The van der Waals surface area contributed by atoms with E-state index in [9.17, 15) is 9.59 Å². The normalized spacial score (nSPS) is 12.1. The Hall–Kier alpha value is -3.22. The standard InChI is InChI=1S/C19H22N4O3/c1-5-10-26-14-9-7-6-8-13(14)17(15-11(2)20-21-18(15)24)16-12(3)22-23(4)19(16)25/h5-9,17,22H,1,10H2,2-4H3,(H2,20,21,24)/t17-/m0/s1. The van der Waals surface area contributed by atoms with Gasteiger partial charge in [-0.15, -0.1) is 0 Å². The van der Waals surface area contributed by atoms with E-state index in [1.165, 1.54) is 4.68 Å². The highest BCUT2D eigenvalue weighted by Crippen LogP contribution is 2.36. The van der Waals surface area contributed by atoms with Gasteiger partial charge in [0.1, 0.15) is 12.4 Å². The zero-order valence-corrected chi connectivity index (χ0v) is 15.1. The number of ether oxygens (including phenoxy) is 1. The van der Waals surface area contributed by atoms with Crippen LogP contribution < -0.4 is 15.9 Å². The molecule has 3 N–H and O–H groups in total. The molecule has 1 atom stereocenters. The highest BCUT2D eigenvalue weighted by Gasteiger charge is 2.30.